The second-order valence-electron chi connectivity index (χ2n) is 5.15. The summed E-state index contributed by atoms with van der Waals surface area (Å²) in [6.07, 6.45) is 4.96. The number of unbranched alkanes of at least 4 members (excludes halogenated alkanes) is 2. The van der Waals surface area contributed by atoms with Crippen LogP contribution in [0.4, 0.5) is 0 Å². The molecule has 0 aliphatic carbocycles. The maximum absolute atomic E-state index is 11.4. The van der Waals surface area contributed by atoms with Crippen LogP contribution >= 0.6 is 0 Å². The van der Waals surface area contributed by atoms with Crippen LogP contribution in [0.25, 0.3) is 0 Å². The summed E-state index contributed by atoms with van der Waals surface area (Å²) in [6.45, 7) is 8.86. The molecule has 0 saturated carbocycles. The van der Waals surface area contributed by atoms with Gasteiger partial charge >= 0.3 is 5.97 Å². The number of rotatable bonds is 8. The monoisotopic (exact) mass is 229 g/mol. The van der Waals surface area contributed by atoms with Crippen LogP contribution in [0.5, 0.6) is 0 Å². The van der Waals surface area contributed by atoms with E-state index in [-0.39, 0.29) is 5.97 Å². The third kappa shape index (κ3) is 6.11. The topological polar surface area (TPSA) is 38.3 Å². The molecule has 0 aliphatic heterocycles. The van der Waals surface area contributed by atoms with E-state index in [0.29, 0.717) is 12.6 Å². The highest BCUT2D eigenvalue weighted by Gasteiger charge is 2.28. The fourth-order valence-electron chi connectivity index (χ4n) is 1.58. The first kappa shape index (κ1) is 15.4. The predicted octanol–water partition coefficient (Wildman–Crippen LogP) is 2.74. The van der Waals surface area contributed by atoms with Gasteiger partial charge in [0, 0.05) is 12.6 Å². The van der Waals surface area contributed by atoms with E-state index in [1.165, 1.54) is 32.8 Å². The standard InChI is InChI=1S/C13H27NO2/c1-6-7-8-9-11(2)14-10-13(3,4)12(15)16-5/h11,14H,6-10H2,1-5H3. The number of hydrogen-bond donors (Lipinski definition) is 1. The highest BCUT2D eigenvalue weighted by Crippen LogP contribution is 2.16. The molecule has 0 bridgehead atoms. The summed E-state index contributed by atoms with van der Waals surface area (Å²) >= 11 is 0. The van der Waals surface area contributed by atoms with Gasteiger partial charge in [-0.1, -0.05) is 26.2 Å². The molecule has 0 radical (unpaired) electrons. The van der Waals surface area contributed by atoms with Crippen molar-refractivity contribution in [2.75, 3.05) is 13.7 Å². The van der Waals surface area contributed by atoms with Crippen molar-refractivity contribution in [3.05, 3.63) is 0 Å². The molecule has 16 heavy (non-hydrogen) atoms. The summed E-state index contributed by atoms with van der Waals surface area (Å²) in [4.78, 5) is 11.4. The molecule has 1 atom stereocenters. The summed E-state index contributed by atoms with van der Waals surface area (Å²) in [6, 6.07) is 0.468. The zero-order valence-corrected chi connectivity index (χ0v) is 11.4. The van der Waals surface area contributed by atoms with Crippen LogP contribution in [-0.2, 0) is 9.53 Å². The number of hydrogen-bond acceptors (Lipinski definition) is 3. The molecule has 1 N–H and O–H groups in total. The Morgan fingerprint density at radius 1 is 1.38 bits per heavy atom. The summed E-state index contributed by atoms with van der Waals surface area (Å²) < 4.78 is 4.77. The van der Waals surface area contributed by atoms with E-state index in [1.807, 2.05) is 13.8 Å². The van der Waals surface area contributed by atoms with Crippen LogP contribution in [0, 0.1) is 5.41 Å². The van der Waals surface area contributed by atoms with Gasteiger partial charge in [0.2, 0.25) is 0 Å². The Hall–Kier alpha value is -0.570. The lowest BCUT2D eigenvalue weighted by Gasteiger charge is -2.24. The first-order chi connectivity index (χ1) is 7.44. The molecule has 3 heteroatoms. The van der Waals surface area contributed by atoms with E-state index in [4.69, 9.17) is 4.74 Å². The predicted molar refractivity (Wildman–Crippen MR) is 67.4 cm³/mol. The molecule has 0 aromatic rings. The van der Waals surface area contributed by atoms with Crippen molar-refractivity contribution >= 4 is 5.97 Å². The smallest absolute Gasteiger partial charge is 0.312 e. The third-order valence-electron chi connectivity index (χ3n) is 2.87. The van der Waals surface area contributed by atoms with Crippen LogP contribution < -0.4 is 5.32 Å². The highest BCUT2D eigenvalue weighted by atomic mass is 16.5. The molecule has 96 valence electrons. The van der Waals surface area contributed by atoms with Gasteiger partial charge in [0.05, 0.1) is 12.5 Å². The zero-order valence-electron chi connectivity index (χ0n) is 11.4. The van der Waals surface area contributed by atoms with Crippen LogP contribution in [0.2, 0.25) is 0 Å². The fourth-order valence-corrected chi connectivity index (χ4v) is 1.58. The van der Waals surface area contributed by atoms with Crippen LogP contribution in [0.15, 0.2) is 0 Å². The molecule has 0 aliphatic rings. The molecule has 1 unspecified atom stereocenters. The Bertz CT molecular complexity index is 202. The Kier molecular flexibility index (Phi) is 7.39. The first-order valence-corrected chi connectivity index (χ1v) is 6.25. The van der Waals surface area contributed by atoms with Gasteiger partial charge in [-0.25, -0.2) is 0 Å². The molecule has 3 nitrogen and oxygen atoms in total. The number of methoxy groups -OCH3 is 1. The molecule has 0 aromatic carbocycles. The van der Waals surface area contributed by atoms with Gasteiger partial charge in [-0.3, -0.25) is 4.79 Å². The summed E-state index contributed by atoms with van der Waals surface area (Å²) in [5, 5.41) is 3.40. The van der Waals surface area contributed by atoms with Gasteiger partial charge in [0.15, 0.2) is 0 Å². The van der Waals surface area contributed by atoms with Crippen molar-refractivity contribution in [3.63, 3.8) is 0 Å². The van der Waals surface area contributed by atoms with Gasteiger partial charge in [-0.2, -0.15) is 0 Å². The summed E-state index contributed by atoms with van der Waals surface area (Å²) in [5.41, 5.74) is -0.437. The average molecular weight is 229 g/mol. The molecular formula is C13H27NO2. The van der Waals surface area contributed by atoms with Crippen LogP contribution in [0.1, 0.15) is 53.4 Å². The molecule has 0 heterocycles. The van der Waals surface area contributed by atoms with Crippen molar-refractivity contribution in [2.45, 2.75) is 59.4 Å². The molecule has 0 fully saturated rings. The Morgan fingerprint density at radius 2 is 2.00 bits per heavy atom. The maximum Gasteiger partial charge on any atom is 0.312 e. The van der Waals surface area contributed by atoms with E-state index in [1.54, 1.807) is 0 Å². The second kappa shape index (κ2) is 7.66. The molecule has 0 rings (SSSR count). The highest BCUT2D eigenvalue weighted by molar-refractivity contribution is 5.76. The number of nitrogens with one attached hydrogen (secondary N) is 1. The van der Waals surface area contributed by atoms with E-state index in [2.05, 4.69) is 19.2 Å². The van der Waals surface area contributed by atoms with E-state index >= 15 is 0 Å². The van der Waals surface area contributed by atoms with Gasteiger partial charge in [0.1, 0.15) is 0 Å². The lowest BCUT2D eigenvalue weighted by Crippen LogP contribution is -2.40. The van der Waals surface area contributed by atoms with E-state index in [0.717, 1.165) is 0 Å². The molecule has 0 spiro atoms. The third-order valence-corrected chi connectivity index (χ3v) is 2.87. The zero-order chi connectivity index (χ0) is 12.6. The van der Waals surface area contributed by atoms with Crippen LogP contribution in [0.3, 0.4) is 0 Å². The van der Waals surface area contributed by atoms with Gasteiger partial charge in [-0.15, -0.1) is 0 Å². The lowest BCUT2D eigenvalue weighted by molar-refractivity contribution is -0.150. The molecular weight excluding hydrogens is 202 g/mol. The SMILES string of the molecule is CCCCCC(C)NCC(C)(C)C(=O)OC. The van der Waals surface area contributed by atoms with Crippen molar-refractivity contribution in [1.82, 2.24) is 5.32 Å². The summed E-state index contributed by atoms with van der Waals surface area (Å²) in [5.74, 6) is -0.152. The Balaban J connectivity index is 3.81. The first-order valence-electron chi connectivity index (χ1n) is 6.25. The average Bonchev–Trinajstić information content (AvgIpc) is 2.25. The minimum Gasteiger partial charge on any atom is -0.469 e. The lowest BCUT2D eigenvalue weighted by atomic mass is 9.93. The van der Waals surface area contributed by atoms with Gasteiger partial charge in [0.25, 0.3) is 0 Å². The van der Waals surface area contributed by atoms with Crippen molar-refractivity contribution in [3.8, 4) is 0 Å². The van der Waals surface area contributed by atoms with Gasteiger partial charge in [-0.05, 0) is 27.2 Å². The quantitative estimate of drug-likeness (QED) is 0.514. The van der Waals surface area contributed by atoms with E-state index in [9.17, 15) is 4.79 Å². The number of esters is 1. The van der Waals surface area contributed by atoms with Crippen molar-refractivity contribution < 1.29 is 9.53 Å². The molecule has 0 amide bonds. The van der Waals surface area contributed by atoms with E-state index < -0.39 is 5.41 Å². The number of carbonyl (C=O) groups excluding carboxylic acids is 1. The second-order valence-corrected chi connectivity index (χ2v) is 5.15. The Labute approximate surface area is 99.9 Å². The number of ether oxygens (including phenoxy) is 1. The summed E-state index contributed by atoms with van der Waals surface area (Å²) in [7, 11) is 1.44. The van der Waals surface area contributed by atoms with Crippen LogP contribution in [-0.4, -0.2) is 25.7 Å². The minimum absolute atomic E-state index is 0.152. The fraction of sp³-hybridized carbons (Fsp3) is 0.923. The number of carbonyl (C=O) groups is 1. The normalized spacial score (nSPS) is 13.6. The van der Waals surface area contributed by atoms with Gasteiger partial charge < -0.3 is 10.1 Å². The maximum atomic E-state index is 11.4. The molecule has 0 saturated heterocycles. The van der Waals surface area contributed by atoms with Crippen molar-refractivity contribution in [1.29, 1.82) is 0 Å². The Morgan fingerprint density at radius 3 is 2.50 bits per heavy atom. The minimum atomic E-state index is -0.437. The van der Waals surface area contributed by atoms with Crippen molar-refractivity contribution in [2.24, 2.45) is 5.41 Å². The largest absolute Gasteiger partial charge is 0.469 e. The molecule has 0 aromatic heterocycles.